The molecule has 0 radical (unpaired) electrons. The van der Waals surface area contributed by atoms with Gasteiger partial charge in [0.1, 0.15) is 0 Å². The molecule has 0 saturated carbocycles. The van der Waals surface area contributed by atoms with Gasteiger partial charge in [-0.05, 0) is 28.2 Å². The van der Waals surface area contributed by atoms with E-state index in [1.807, 2.05) is 42.5 Å². The zero-order valence-corrected chi connectivity index (χ0v) is 16.5. The van der Waals surface area contributed by atoms with Crippen LogP contribution in [0.5, 0.6) is 5.75 Å². The first-order chi connectivity index (χ1) is 8.39. The van der Waals surface area contributed by atoms with Gasteiger partial charge in [-0.2, -0.15) is 0 Å². The molecule has 0 atom stereocenters. The molecule has 0 aliphatic rings. The van der Waals surface area contributed by atoms with Gasteiger partial charge < -0.3 is 5.11 Å². The molecule has 0 aliphatic heterocycles. The van der Waals surface area contributed by atoms with Gasteiger partial charge in [0.05, 0.1) is 0 Å². The summed E-state index contributed by atoms with van der Waals surface area (Å²) < 4.78 is 0.633. The zero-order valence-electron chi connectivity index (χ0n) is 11.8. The van der Waals surface area contributed by atoms with Gasteiger partial charge >= 0.3 is 51.4 Å². The van der Waals surface area contributed by atoms with Gasteiger partial charge in [-0.1, -0.05) is 78.8 Å². The maximum absolute atomic E-state index is 12.2. The van der Waals surface area contributed by atoms with Crippen molar-refractivity contribution < 1.29 is 56.5 Å². The van der Waals surface area contributed by atoms with Crippen molar-refractivity contribution in [3.8, 4) is 16.9 Å². The fourth-order valence-electron chi connectivity index (χ4n) is 1.86. The van der Waals surface area contributed by atoms with Crippen LogP contribution < -0.4 is 56.5 Å². The van der Waals surface area contributed by atoms with Crippen molar-refractivity contribution in [1.82, 2.24) is 0 Å². The van der Waals surface area contributed by atoms with Crippen LogP contribution in [-0.2, 0) is 5.41 Å². The number of benzene rings is 2. The molecule has 0 spiro atoms. The molecule has 3 heteroatoms. The van der Waals surface area contributed by atoms with E-state index in [2.05, 4.69) is 36.7 Å². The van der Waals surface area contributed by atoms with Gasteiger partial charge in [-0.15, -0.1) is 0 Å². The van der Waals surface area contributed by atoms with Crippen LogP contribution in [0.3, 0.4) is 0 Å². The van der Waals surface area contributed by atoms with Crippen LogP contribution in [0.1, 0.15) is 26.3 Å². The van der Waals surface area contributed by atoms with Crippen molar-refractivity contribution >= 4 is 15.9 Å². The van der Waals surface area contributed by atoms with Crippen molar-refractivity contribution in [3.05, 3.63) is 52.5 Å². The van der Waals surface area contributed by atoms with Gasteiger partial charge in [0.15, 0.2) is 0 Å². The molecule has 1 nitrogen and oxygen atoms in total. The molecular formula is C16H16BrKO. The smallest absolute Gasteiger partial charge is 0.871 e. The largest absolute Gasteiger partial charge is 1.00 e. The maximum atomic E-state index is 12.2. The molecule has 2 aromatic carbocycles. The monoisotopic (exact) mass is 342 g/mol. The first-order valence-corrected chi connectivity index (χ1v) is 6.75. The molecule has 2 aromatic rings. The van der Waals surface area contributed by atoms with E-state index in [0.717, 1.165) is 16.7 Å². The van der Waals surface area contributed by atoms with Crippen molar-refractivity contribution in [2.75, 3.05) is 0 Å². The minimum absolute atomic E-state index is 0. The van der Waals surface area contributed by atoms with Gasteiger partial charge in [0, 0.05) is 4.47 Å². The average Bonchev–Trinajstić information content (AvgIpc) is 2.32. The summed E-state index contributed by atoms with van der Waals surface area (Å²) in [4.78, 5) is 0. The molecule has 0 amide bonds. The second-order valence-electron chi connectivity index (χ2n) is 5.45. The Balaban J connectivity index is 0.00000180. The summed E-state index contributed by atoms with van der Waals surface area (Å²) in [5, 5.41) is 12.2. The standard InChI is InChI=1S/C16H17BrO.K/c1-16(2,3)12-9-13(15(18)14(17)10-12)11-7-5-4-6-8-11;/h4-10,18H,1-3H3;/q;+1/p-1. The van der Waals surface area contributed by atoms with E-state index >= 15 is 0 Å². The Morgan fingerprint density at radius 3 is 2.11 bits per heavy atom. The predicted octanol–water partition coefficient (Wildman–Crippen LogP) is 1.49. The summed E-state index contributed by atoms with van der Waals surface area (Å²) >= 11 is 3.37. The Morgan fingerprint density at radius 1 is 1.00 bits per heavy atom. The van der Waals surface area contributed by atoms with Crippen molar-refractivity contribution in [2.45, 2.75) is 26.2 Å². The van der Waals surface area contributed by atoms with E-state index in [1.165, 1.54) is 0 Å². The van der Waals surface area contributed by atoms with Crippen LogP contribution in [0, 0.1) is 0 Å². The van der Waals surface area contributed by atoms with E-state index in [9.17, 15) is 5.11 Å². The average molecular weight is 343 g/mol. The third-order valence-electron chi connectivity index (χ3n) is 2.99. The third kappa shape index (κ3) is 4.16. The molecule has 0 aliphatic carbocycles. The van der Waals surface area contributed by atoms with Crippen LogP contribution in [0.4, 0.5) is 0 Å². The molecule has 19 heavy (non-hydrogen) atoms. The fraction of sp³-hybridized carbons (Fsp3) is 0.250. The van der Waals surface area contributed by atoms with E-state index in [4.69, 9.17) is 0 Å². The van der Waals surface area contributed by atoms with Crippen LogP contribution in [0.15, 0.2) is 46.9 Å². The van der Waals surface area contributed by atoms with Crippen LogP contribution >= 0.6 is 15.9 Å². The summed E-state index contributed by atoms with van der Waals surface area (Å²) in [5.41, 5.74) is 2.91. The first kappa shape index (κ1) is 17.4. The molecule has 0 bridgehead atoms. The molecule has 0 aromatic heterocycles. The van der Waals surface area contributed by atoms with Crippen molar-refractivity contribution in [3.63, 3.8) is 0 Å². The molecule has 0 saturated heterocycles. The van der Waals surface area contributed by atoms with Gasteiger partial charge in [-0.25, -0.2) is 0 Å². The van der Waals surface area contributed by atoms with Crippen molar-refractivity contribution in [2.24, 2.45) is 0 Å². The molecule has 0 fully saturated rings. The fourth-order valence-corrected chi connectivity index (χ4v) is 2.32. The van der Waals surface area contributed by atoms with Crippen LogP contribution in [0.25, 0.3) is 11.1 Å². The Hall–Kier alpha value is 0.356. The Labute approximate surface area is 166 Å². The maximum Gasteiger partial charge on any atom is 1.00 e. The number of hydrogen-bond acceptors (Lipinski definition) is 1. The van der Waals surface area contributed by atoms with E-state index < -0.39 is 0 Å². The van der Waals surface area contributed by atoms with Gasteiger partial charge in [0.2, 0.25) is 0 Å². The normalized spacial score (nSPS) is 10.9. The Kier molecular flexibility index (Phi) is 6.30. The van der Waals surface area contributed by atoms with Crippen molar-refractivity contribution in [1.29, 1.82) is 0 Å². The molecular weight excluding hydrogens is 327 g/mol. The summed E-state index contributed by atoms with van der Waals surface area (Å²) in [7, 11) is 0. The second-order valence-corrected chi connectivity index (χ2v) is 6.31. The van der Waals surface area contributed by atoms with E-state index in [0.29, 0.717) is 4.47 Å². The minimum Gasteiger partial charge on any atom is -0.871 e. The Bertz CT molecular complexity index is 559. The SMILES string of the molecule is CC(C)(C)c1cc(Br)c([O-])c(-c2ccccc2)c1.[K+]. The second kappa shape index (κ2) is 6.88. The van der Waals surface area contributed by atoms with Crippen LogP contribution in [0.2, 0.25) is 0 Å². The third-order valence-corrected chi connectivity index (χ3v) is 3.58. The molecule has 0 unspecified atom stereocenters. The molecule has 2 rings (SSSR count). The predicted molar refractivity (Wildman–Crippen MR) is 77.7 cm³/mol. The molecule has 0 N–H and O–H groups in total. The number of hydrogen-bond donors (Lipinski definition) is 0. The topological polar surface area (TPSA) is 23.1 Å². The first-order valence-electron chi connectivity index (χ1n) is 5.96. The summed E-state index contributed by atoms with van der Waals surface area (Å²) in [6, 6.07) is 13.7. The minimum atomic E-state index is 0. The summed E-state index contributed by atoms with van der Waals surface area (Å²) in [6.07, 6.45) is 0. The quantitative estimate of drug-likeness (QED) is 0.720. The van der Waals surface area contributed by atoms with Gasteiger partial charge in [0.25, 0.3) is 0 Å². The van der Waals surface area contributed by atoms with E-state index in [1.54, 1.807) is 0 Å². The molecule has 0 heterocycles. The summed E-state index contributed by atoms with van der Waals surface area (Å²) in [5.74, 6) is 0.0502. The summed E-state index contributed by atoms with van der Waals surface area (Å²) in [6.45, 7) is 6.44. The Morgan fingerprint density at radius 2 is 1.58 bits per heavy atom. The van der Waals surface area contributed by atoms with E-state index in [-0.39, 0.29) is 62.5 Å². The zero-order chi connectivity index (χ0) is 13.3. The number of rotatable bonds is 1. The molecule has 94 valence electrons. The van der Waals surface area contributed by atoms with Gasteiger partial charge in [-0.3, -0.25) is 0 Å². The number of halogens is 1. The van der Waals surface area contributed by atoms with Crippen LogP contribution in [-0.4, -0.2) is 0 Å².